The van der Waals surface area contributed by atoms with Crippen LogP contribution >= 0.6 is 0 Å². The molecule has 1 aliphatic rings. The molecule has 2 heterocycles. The second kappa shape index (κ2) is 4.02. The number of nitro benzene ring substituents is 1. The first-order chi connectivity index (χ1) is 8.75. The van der Waals surface area contributed by atoms with Crippen molar-refractivity contribution in [3.63, 3.8) is 0 Å². The summed E-state index contributed by atoms with van der Waals surface area (Å²) in [5, 5.41) is 11.1. The van der Waals surface area contributed by atoms with Gasteiger partial charge in [-0.15, -0.1) is 0 Å². The largest absolute Gasteiger partial charge is 0.486 e. The van der Waals surface area contributed by atoms with E-state index in [4.69, 9.17) is 9.47 Å². The third-order valence-corrected chi connectivity index (χ3v) is 2.62. The van der Waals surface area contributed by atoms with Crippen molar-refractivity contribution in [1.82, 2.24) is 9.55 Å². The summed E-state index contributed by atoms with van der Waals surface area (Å²) in [6.45, 7) is 0.836. The van der Waals surface area contributed by atoms with Crippen LogP contribution in [0.1, 0.15) is 0 Å². The topological polar surface area (TPSA) is 79.4 Å². The number of aromatic nitrogens is 2. The minimum absolute atomic E-state index is 0.0442. The lowest BCUT2D eigenvalue weighted by molar-refractivity contribution is -0.384. The van der Waals surface area contributed by atoms with Gasteiger partial charge in [-0.05, 0) is 0 Å². The van der Waals surface area contributed by atoms with E-state index in [0.29, 0.717) is 30.4 Å². The molecule has 0 spiro atoms. The maximum atomic E-state index is 11.1. The van der Waals surface area contributed by atoms with Gasteiger partial charge in [0.2, 0.25) is 0 Å². The van der Waals surface area contributed by atoms with Crippen molar-refractivity contribution in [2.75, 3.05) is 13.2 Å². The minimum atomic E-state index is -0.451. The minimum Gasteiger partial charge on any atom is -0.486 e. The van der Waals surface area contributed by atoms with Crippen LogP contribution in [0.4, 0.5) is 5.69 Å². The molecule has 0 N–H and O–H groups in total. The molecular weight excluding hydrogens is 238 g/mol. The van der Waals surface area contributed by atoms with E-state index in [9.17, 15) is 10.1 Å². The molecule has 3 rings (SSSR count). The number of hydrogen-bond donors (Lipinski definition) is 0. The number of hydrogen-bond acceptors (Lipinski definition) is 5. The second-order valence-electron chi connectivity index (χ2n) is 3.71. The van der Waals surface area contributed by atoms with Crippen molar-refractivity contribution in [1.29, 1.82) is 0 Å². The van der Waals surface area contributed by atoms with Gasteiger partial charge in [-0.1, -0.05) is 0 Å². The molecular formula is C11H9N3O4. The quantitative estimate of drug-likeness (QED) is 0.594. The summed E-state index contributed by atoms with van der Waals surface area (Å²) in [7, 11) is 0. The number of fused-ring (bicyclic) bond motifs is 1. The summed E-state index contributed by atoms with van der Waals surface area (Å²) >= 11 is 0. The van der Waals surface area contributed by atoms with E-state index in [2.05, 4.69) is 4.98 Å². The highest BCUT2D eigenvalue weighted by Crippen LogP contribution is 2.38. The van der Waals surface area contributed by atoms with E-state index in [0.717, 1.165) is 0 Å². The Morgan fingerprint density at radius 1 is 1.28 bits per heavy atom. The summed E-state index contributed by atoms with van der Waals surface area (Å²) in [5.74, 6) is 0.910. The first-order valence-corrected chi connectivity index (χ1v) is 5.32. The molecule has 1 aromatic carbocycles. The summed E-state index contributed by atoms with van der Waals surface area (Å²) in [6.07, 6.45) is 4.69. The average Bonchev–Trinajstić information content (AvgIpc) is 2.91. The molecule has 18 heavy (non-hydrogen) atoms. The van der Waals surface area contributed by atoms with Crippen LogP contribution in [0.2, 0.25) is 0 Å². The summed E-state index contributed by atoms with van der Waals surface area (Å²) in [6, 6.07) is 2.97. The first kappa shape index (κ1) is 10.6. The average molecular weight is 247 g/mol. The van der Waals surface area contributed by atoms with Gasteiger partial charge < -0.3 is 14.0 Å². The summed E-state index contributed by atoms with van der Waals surface area (Å²) in [4.78, 5) is 14.5. The molecule has 7 nitrogen and oxygen atoms in total. The predicted octanol–water partition coefficient (Wildman–Crippen LogP) is 1.55. The maximum absolute atomic E-state index is 11.1. The predicted molar refractivity (Wildman–Crippen MR) is 61.2 cm³/mol. The number of rotatable bonds is 2. The summed E-state index contributed by atoms with van der Waals surface area (Å²) < 4.78 is 12.3. The molecule has 2 aromatic rings. The van der Waals surface area contributed by atoms with Gasteiger partial charge in [0.15, 0.2) is 11.5 Å². The van der Waals surface area contributed by atoms with Gasteiger partial charge in [0.1, 0.15) is 18.9 Å². The zero-order chi connectivity index (χ0) is 12.5. The molecule has 0 radical (unpaired) electrons. The highest BCUT2D eigenvalue weighted by molar-refractivity contribution is 5.62. The Morgan fingerprint density at radius 3 is 2.61 bits per heavy atom. The van der Waals surface area contributed by atoms with Crippen LogP contribution < -0.4 is 9.47 Å². The number of nitro groups is 1. The van der Waals surface area contributed by atoms with Crippen LogP contribution in [0.5, 0.6) is 11.5 Å². The van der Waals surface area contributed by atoms with Crippen molar-refractivity contribution in [2.45, 2.75) is 0 Å². The standard InChI is InChI=1S/C11H9N3O4/c15-14(16)9-6-11-10(17-3-4-18-11)5-8(9)13-2-1-12-7-13/h1-2,5-7H,3-4H2. The number of nitrogens with zero attached hydrogens (tertiary/aromatic N) is 3. The van der Waals surface area contributed by atoms with Crippen LogP contribution in [0.15, 0.2) is 30.9 Å². The van der Waals surface area contributed by atoms with Gasteiger partial charge in [0.05, 0.1) is 17.3 Å². The fourth-order valence-corrected chi connectivity index (χ4v) is 1.82. The SMILES string of the molecule is O=[N+]([O-])c1cc2c(cc1-n1ccnc1)OCCO2. The Morgan fingerprint density at radius 2 is 2.00 bits per heavy atom. The lowest BCUT2D eigenvalue weighted by atomic mass is 10.2. The van der Waals surface area contributed by atoms with Crippen molar-refractivity contribution in [2.24, 2.45) is 0 Å². The summed E-state index contributed by atoms with van der Waals surface area (Å²) in [5.41, 5.74) is 0.360. The molecule has 0 unspecified atom stereocenters. The van der Waals surface area contributed by atoms with E-state index in [1.165, 1.54) is 12.4 Å². The van der Waals surface area contributed by atoms with Gasteiger partial charge >= 0.3 is 0 Å². The van der Waals surface area contributed by atoms with E-state index in [1.54, 1.807) is 23.0 Å². The third-order valence-electron chi connectivity index (χ3n) is 2.62. The normalized spacial score (nSPS) is 13.3. The Hall–Kier alpha value is -2.57. The molecule has 7 heteroatoms. The van der Waals surface area contributed by atoms with E-state index < -0.39 is 4.92 Å². The number of ether oxygens (including phenoxy) is 2. The van der Waals surface area contributed by atoms with Crippen LogP contribution in [-0.2, 0) is 0 Å². The fourth-order valence-electron chi connectivity index (χ4n) is 1.82. The molecule has 0 bridgehead atoms. The van der Waals surface area contributed by atoms with Crippen LogP contribution in [0.25, 0.3) is 5.69 Å². The molecule has 0 aliphatic carbocycles. The molecule has 1 aromatic heterocycles. The molecule has 0 saturated carbocycles. The molecule has 92 valence electrons. The number of benzene rings is 1. The molecule has 0 atom stereocenters. The highest BCUT2D eigenvalue weighted by atomic mass is 16.6. The van der Waals surface area contributed by atoms with Crippen molar-refractivity contribution in [3.8, 4) is 17.2 Å². The van der Waals surface area contributed by atoms with Gasteiger partial charge in [0.25, 0.3) is 5.69 Å². The molecule has 0 saturated heterocycles. The third kappa shape index (κ3) is 1.65. The highest BCUT2D eigenvalue weighted by Gasteiger charge is 2.23. The smallest absolute Gasteiger partial charge is 0.297 e. The number of imidazole rings is 1. The molecule has 0 fully saturated rings. The zero-order valence-corrected chi connectivity index (χ0v) is 9.28. The van der Waals surface area contributed by atoms with Crippen molar-refractivity contribution >= 4 is 5.69 Å². The van der Waals surface area contributed by atoms with Gasteiger partial charge in [-0.25, -0.2) is 4.98 Å². The van der Waals surface area contributed by atoms with Gasteiger partial charge in [0, 0.05) is 18.5 Å². The Kier molecular flexibility index (Phi) is 2.36. The maximum Gasteiger partial charge on any atom is 0.297 e. The van der Waals surface area contributed by atoms with Crippen molar-refractivity contribution in [3.05, 3.63) is 41.0 Å². The van der Waals surface area contributed by atoms with Crippen LogP contribution in [-0.4, -0.2) is 27.7 Å². The van der Waals surface area contributed by atoms with Gasteiger partial charge in [-0.2, -0.15) is 0 Å². The zero-order valence-electron chi connectivity index (χ0n) is 9.28. The monoisotopic (exact) mass is 247 g/mol. The molecule has 0 amide bonds. The van der Waals surface area contributed by atoms with Crippen molar-refractivity contribution < 1.29 is 14.4 Å². The Balaban J connectivity index is 2.19. The Labute approximate surface area is 102 Å². The molecule has 1 aliphatic heterocycles. The first-order valence-electron chi connectivity index (χ1n) is 5.32. The van der Waals surface area contributed by atoms with E-state index in [-0.39, 0.29) is 5.69 Å². The van der Waals surface area contributed by atoms with Crippen LogP contribution in [0, 0.1) is 10.1 Å². The van der Waals surface area contributed by atoms with Crippen LogP contribution in [0.3, 0.4) is 0 Å². The van der Waals surface area contributed by atoms with Gasteiger partial charge in [-0.3, -0.25) is 10.1 Å². The second-order valence-corrected chi connectivity index (χ2v) is 3.71. The van der Waals surface area contributed by atoms with E-state index in [1.807, 2.05) is 0 Å². The Bertz CT molecular complexity index is 595. The lowest BCUT2D eigenvalue weighted by Crippen LogP contribution is -2.16. The fraction of sp³-hybridized carbons (Fsp3) is 0.182. The van der Waals surface area contributed by atoms with E-state index >= 15 is 0 Å². The lowest BCUT2D eigenvalue weighted by Gasteiger charge is -2.19.